The van der Waals surface area contributed by atoms with Crippen LogP contribution in [0.25, 0.3) is 0 Å². The fraction of sp³-hybridized carbons (Fsp3) is 0.333. The van der Waals surface area contributed by atoms with E-state index in [0.29, 0.717) is 5.75 Å². The Hall–Kier alpha value is -2.90. The second kappa shape index (κ2) is 5.71. The number of likely N-dealkylation sites (N-methyl/N-ethyl adjacent to an activating group) is 1. The lowest BCUT2D eigenvalue weighted by Crippen LogP contribution is -2.58. The van der Waals surface area contributed by atoms with Gasteiger partial charge in [-0.05, 0) is 17.7 Å². The van der Waals surface area contributed by atoms with Crippen LogP contribution < -0.4 is 10.5 Å². The minimum atomic E-state index is -1.98. The van der Waals surface area contributed by atoms with Crippen molar-refractivity contribution in [2.24, 2.45) is 5.73 Å². The molecule has 2 rings (SSSR count). The largest absolute Gasteiger partial charge is 0.497 e. The lowest BCUT2D eigenvalue weighted by atomic mass is 9.71. The molecule has 1 heterocycles. The second-order valence-electron chi connectivity index (χ2n) is 5.12. The normalized spacial score (nSPS) is 20.0. The topological polar surface area (TPSA) is 116 Å². The first-order valence-electron chi connectivity index (χ1n) is 6.67. The highest BCUT2D eigenvalue weighted by Crippen LogP contribution is 2.39. The van der Waals surface area contributed by atoms with E-state index in [1.807, 2.05) is 0 Å². The minimum absolute atomic E-state index is 0.0806. The molecular weight excluding hydrogens is 304 g/mol. The number of carbonyl (C=O) groups excluding carboxylic acids is 4. The third-order valence-corrected chi connectivity index (χ3v) is 3.86. The van der Waals surface area contributed by atoms with Gasteiger partial charge < -0.3 is 15.2 Å². The Morgan fingerprint density at radius 1 is 1.26 bits per heavy atom. The Balaban J connectivity index is 2.82. The number of nitrogens with two attached hydrogens (primary N) is 1. The lowest BCUT2D eigenvalue weighted by molar-refractivity contribution is -0.157. The molecule has 0 aliphatic carbocycles. The fourth-order valence-electron chi connectivity index (χ4n) is 2.75. The highest BCUT2D eigenvalue weighted by molar-refractivity contribution is 6.22. The summed E-state index contributed by atoms with van der Waals surface area (Å²) in [5.41, 5.74) is 3.41. The van der Waals surface area contributed by atoms with Crippen LogP contribution in [0.5, 0.6) is 5.75 Å². The van der Waals surface area contributed by atoms with Gasteiger partial charge in [0, 0.05) is 12.6 Å². The van der Waals surface area contributed by atoms with E-state index >= 15 is 0 Å². The fourth-order valence-corrected chi connectivity index (χ4v) is 2.75. The maximum atomic E-state index is 12.7. The molecule has 0 aromatic heterocycles. The maximum Gasteiger partial charge on any atom is 0.326 e. The average molecular weight is 320 g/mol. The lowest BCUT2D eigenvalue weighted by Gasteiger charge is -2.37. The summed E-state index contributed by atoms with van der Waals surface area (Å²) in [5.74, 6) is -2.91. The summed E-state index contributed by atoms with van der Waals surface area (Å²) in [6.07, 6.45) is -0.602. The Kier molecular flexibility index (Phi) is 4.09. The number of imide groups is 1. The van der Waals surface area contributed by atoms with Gasteiger partial charge in [0.25, 0.3) is 11.8 Å². The number of carbonyl (C=O) groups is 4. The first-order valence-corrected chi connectivity index (χ1v) is 6.67. The summed E-state index contributed by atoms with van der Waals surface area (Å²) < 4.78 is 9.79. The van der Waals surface area contributed by atoms with E-state index in [2.05, 4.69) is 0 Å². The molecule has 2 N–H and O–H groups in total. The van der Waals surface area contributed by atoms with Gasteiger partial charge in [0.15, 0.2) is 5.41 Å². The minimum Gasteiger partial charge on any atom is -0.497 e. The van der Waals surface area contributed by atoms with Crippen molar-refractivity contribution in [1.82, 2.24) is 4.90 Å². The van der Waals surface area contributed by atoms with Crippen LogP contribution in [-0.4, -0.2) is 49.9 Å². The zero-order valence-electron chi connectivity index (χ0n) is 12.9. The van der Waals surface area contributed by atoms with E-state index in [9.17, 15) is 19.2 Å². The van der Waals surface area contributed by atoms with E-state index in [-0.39, 0.29) is 11.1 Å². The van der Waals surface area contributed by atoms with Crippen LogP contribution in [0.3, 0.4) is 0 Å². The Morgan fingerprint density at radius 2 is 1.91 bits per heavy atom. The molecule has 0 spiro atoms. The summed E-state index contributed by atoms with van der Waals surface area (Å²) in [6, 6.07) is 4.29. The SMILES string of the molecule is COC(=O)C1(CC(N)=O)C(=O)N(C)C(=O)c2cc(OC)ccc21. The Labute approximate surface area is 132 Å². The average Bonchev–Trinajstić information content (AvgIpc) is 2.55. The van der Waals surface area contributed by atoms with Crippen molar-refractivity contribution in [2.45, 2.75) is 11.8 Å². The molecule has 8 nitrogen and oxygen atoms in total. The van der Waals surface area contributed by atoms with Crippen molar-refractivity contribution in [3.8, 4) is 5.75 Å². The number of rotatable bonds is 4. The molecule has 1 aromatic carbocycles. The van der Waals surface area contributed by atoms with Gasteiger partial charge in [0.05, 0.1) is 20.6 Å². The first kappa shape index (κ1) is 16.5. The Morgan fingerprint density at radius 3 is 2.43 bits per heavy atom. The number of hydrogen-bond acceptors (Lipinski definition) is 6. The molecule has 1 atom stereocenters. The van der Waals surface area contributed by atoms with Crippen LogP contribution in [-0.2, 0) is 24.5 Å². The summed E-state index contributed by atoms with van der Waals surface area (Å²) in [4.78, 5) is 49.7. The van der Waals surface area contributed by atoms with Gasteiger partial charge in [-0.2, -0.15) is 0 Å². The van der Waals surface area contributed by atoms with Crippen LogP contribution >= 0.6 is 0 Å². The van der Waals surface area contributed by atoms with Gasteiger partial charge in [0.1, 0.15) is 5.75 Å². The number of primary amides is 1. The maximum absolute atomic E-state index is 12.7. The number of amides is 3. The molecule has 1 unspecified atom stereocenters. The van der Waals surface area contributed by atoms with Gasteiger partial charge in [-0.3, -0.25) is 24.1 Å². The second-order valence-corrected chi connectivity index (χ2v) is 5.12. The molecule has 8 heteroatoms. The number of methoxy groups -OCH3 is 2. The van der Waals surface area contributed by atoms with E-state index < -0.39 is 35.5 Å². The van der Waals surface area contributed by atoms with Gasteiger partial charge >= 0.3 is 5.97 Å². The molecule has 122 valence electrons. The number of nitrogens with zero attached hydrogens (tertiary/aromatic N) is 1. The molecule has 0 radical (unpaired) electrons. The van der Waals surface area contributed by atoms with Gasteiger partial charge in [-0.15, -0.1) is 0 Å². The molecule has 1 aliphatic rings. The van der Waals surface area contributed by atoms with Crippen LogP contribution in [0, 0.1) is 0 Å². The first-order chi connectivity index (χ1) is 10.8. The van der Waals surface area contributed by atoms with Crippen molar-refractivity contribution in [3.63, 3.8) is 0 Å². The zero-order valence-corrected chi connectivity index (χ0v) is 12.9. The van der Waals surface area contributed by atoms with Crippen molar-refractivity contribution < 1.29 is 28.7 Å². The monoisotopic (exact) mass is 320 g/mol. The molecule has 0 saturated heterocycles. The predicted molar refractivity (Wildman–Crippen MR) is 77.6 cm³/mol. The van der Waals surface area contributed by atoms with E-state index in [1.165, 1.54) is 32.4 Å². The van der Waals surface area contributed by atoms with Crippen LogP contribution in [0.15, 0.2) is 18.2 Å². The standard InChI is InChI=1S/C15H16N2O6/c1-17-12(19)9-6-8(22-2)4-5-10(9)15(13(17)20,7-11(16)18)14(21)23-3/h4-6H,7H2,1-3H3,(H2,16,18). The van der Waals surface area contributed by atoms with E-state index in [1.54, 1.807) is 0 Å². The number of esters is 1. The van der Waals surface area contributed by atoms with Crippen molar-refractivity contribution >= 4 is 23.7 Å². The smallest absolute Gasteiger partial charge is 0.326 e. The molecule has 0 saturated carbocycles. The van der Waals surface area contributed by atoms with Crippen molar-refractivity contribution in [3.05, 3.63) is 29.3 Å². The zero-order chi connectivity index (χ0) is 17.4. The van der Waals surface area contributed by atoms with Crippen LogP contribution in [0.2, 0.25) is 0 Å². The van der Waals surface area contributed by atoms with Crippen LogP contribution in [0.4, 0.5) is 0 Å². The van der Waals surface area contributed by atoms with E-state index in [0.717, 1.165) is 12.0 Å². The molecule has 23 heavy (non-hydrogen) atoms. The van der Waals surface area contributed by atoms with Gasteiger partial charge in [-0.1, -0.05) is 6.07 Å². The summed E-state index contributed by atoms with van der Waals surface area (Å²) >= 11 is 0. The summed E-state index contributed by atoms with van der Waals surface area (Å²) in [6.45, 7) is 0. The van der Waals surface area contributed by atoms with Gasteiger partial charge in [0.2, 0.25) is 5.91 Å². The summed E-state index contributed by atoms with van der Waals surface area (Å²) in [5, 5.41) is 0. The number of ether oxygens (including phenoxy) is 2. The highest BCUT2D eigenvalue weighted by atomic mass is 16.5. The van der Waals surface area contributed by atoms with E-state index in [4.69, 9.17) is 15.2 Å². The van der Waals surface area contributed by atoms with Crippen molar-refractivity contribution in [1.29, 1.82) is 0 Å². The quantitative estimate of drug-likeness (QED) is 0.458. The van der Waals surface area contributed by atoms with Gasteiger partial charge in [-0.25, -0.2) is 0 Å². The molecule has 0 fully saturated rings. The Bertz CT molecular complexity index is 714. The third-order valence-electron chi connectivity index (χ3n) is 3.86. The number of hydrogen-bond donors (Lipinski definition) is 1. The third kappa shape index (κ3) is 2.32. The molecule has 0 bridgehead atoms. The number of benzene rings is 1. The van der Waals surface area contributed by atoms with Crippen molar-refractivity contribution in [2.75, 3.05) is 21.3 Å². The molecule has 1 aliphatic heterocycles. The molecule has 3 amide bonds. The van der Waals surface area contributed by atoms with Crippen LogP contribution in [0.1, 0.15) is 22.3 Å². The highest BCUT2D eigenvalue weighted by Gasteiger charge is 2.57. The molecular formula is C15H16N2O6. The number of fused-ring (bicyclic) bond motifs is 1. The predicted octanol–water partition coefficient (Wildman–Crippen LogP) is -0.406. The molecule has 1 aromatic rings. The summed E-state index contributed by atoms with van der Waals surface area (Å²) in [7, 11) is 3.74.